The highest BCUT2D eigenvalue weighted by molar-refractivity contribution is 6.42. The van der Waals surface area contributed by atoms with Crippen molar-refractivity contribution >= 4 is 35.1 Å². The maximum atomic E-state index is 11.3. The molecule has 0 saturated carbocycles. The van der Waals surface area contributed by atoms with Crippen LogP contribution in [0.2, 0.25) is 10.0 Å². The Morgan fingerprint density at radius 2 is 1.79 bits per heavy atom. The van der Waals surface area contributed by atoms with Gasteiger partial charge in [0.1, 0.15) is 12.1 Å². The van der Waals surface area contributed by atoms with Crippen LogP contribution < -0.4 is 5.32 Å². The zero-order chi connectivity index (χ0) is 22.1. The number of aliphatic carboxylic acids is 2. The monoisotopic (exact) mass is 443 g/mol. The summed E-state index contributed by atoms with van der Waals surface area (Å²) in [5.41, 5.74) is 1.75. The number of rotatable bonds is 8. The molecule has 1 aromatic carbocycles. The Bertz CT molecular complexity index is 804. The van der Waals surface area contributed by atoms with Crippen molar-refractivity contribution in [3.63, 3.8) is 0 Å². The number of carbonyl (C=O) groups is 2. The fourth-order valence-corrected chi connectivity index (χ4v) is 2.92. The summed E-state index contributed by atoms with van der Waals surface area (Å²) in [4.78, 5) is 26.4. The van der Waals surface area contributed by atoms with E-state index >= 15 is 0 Å². The van der Waals surface area contributed by atoms with E-state index < -0.39 is 24.0 Å². The highest BCUT2D eigenvalue weighted by atomic mass is 35.5. The van der Waals surface area contributed by atoms with Gasteiger partial charge in [-0.05, 0) is 30.9 Å². The second-order valence-corrected chi connectivity index (χ2v) is 7.93. The molecule has 2 atom stereocenters. The van der Waals surface area contributed by atoms with Crippen molar-refractivity contribution in [2.24, 2.45) is 13.0 Å². The Kier molecular flexibility index (Phi) is 10.2. The minimum absolute atomic E-state index is 0.162. The first-order valence-electron chi connectivity index (χ1n) is 9.10. The molecule has 0 radical (unpaired) electrons. The SMILES string of the molecule is CC(C)CC(N[C@@H](Cc1cncn1C)C(=O)O)C(=O)O.Cc1cccc(Cl)c1Cl. The van der Waals surface area contributed by atoms with E-state index in [9.17, 15) is 14.7 Å². The molecular formula is C20H27Cl2N3O4. The van der Waals surface area contributed by atoms with Crippen molar-refractivity contribution in [3.8, 4) is 0 Å². The molecule has 0 aliphatic rings. The average molecular weight is 444 g/mol. The van der Waals surface area contributed by atoms with Gasteiger partial charge in [0.25, 0.3) is 0 Å². The van der Waals surface area contributed by atoms with E-state index in [1.807, 2.05) is 32.9 Å². The van der Waals surface area contributed by atoms with Crippen LogP contribution in [0.4, 0.5) is 0 Å². The van der Waals surface area contributed by atoms with Gasteiger partial charge in [0, 0.05) is 25.4 Å². The van der Waals surface area contributed by atoms with Crippen LogP contribution in [0, 0.1) is 12.8 Å². The molecular weight excluding hydrogens is 417 g/mol. The molecule has 0 aliphatic carbocycles. The summed E-state index contributed by atoms with van der Waals surface area (Å²) in [6.07, 6.45) is 3.73. The Balaban J connectivity index is 0.000000387. The van der Waals surface area contributed by atoms with Crippen molar-refractivity contribution < 1.29 is 19.8 Å². The number of nitrogens with one attached hydrogen (secondary N) is 1. The molecule has 160 valence electrons. The molecule has 1 unspecified atom stereocenters. The first-order valence-corrected chi connectivity index (χ1v) is 9.86. The van der Waals surface area contributed by atoms with Crippen LogP contribution >= 0.6 is 23.2 Å². The van der Waals surface area contributed by atoms with Gasteiger partial charge in [-0.15, -0.1) is 0 Å². The van der Waals surface area contributed by atoms with E-state index in [2.05, 4.69) is 10.3 Å². The second kappa shape index (κ2) is 11.8. The lowest BCUT2D eigenvalue weighted by molar-refractivity contribution is -0.142. The lowest BCUT2D eigenvalue weighted by Crippen LogP contribution is -2.49. The number of hydrogen-bond acceptors (Lipinski definition) is 4. The minimum Gasteiger partial charge on any atom is -0.480 e. The Labute approximate surface area is 180 Å². The fourth-order valence-electron chi connectivity index (χ4n) is 2.57. The molecule has 0 spiro atoms. The molecule has 0 saturated heterocycles. The highest BCUT2D eigenvalue weighted by Crippen LogP contribution is 2.24. The smallest absolute Gasteiger partial charge is 0.321 e. The lowest BCUT2D eigenvalue weighted by Gasteiger charge is -2.21. The number of hydrogen-bond donors (Lipinski definition) is 3. The topological polar surface area (TPSA) is 104 Å². The second-order valence-electron chi connectivity index (χ2n) is 7.15. The molecule has 9 heteroatoms. The van der Waals surface area contributed by atoms with Gasteiger partial charge in [-0.3, -0.25) is 14.9 Å². The molecule has 3 N–H and O–H groups in total. The van der Waals surface area contributed by atoms with Crippen molar-refractivity contribution in [3.05, 3.63) is 52.0 Å². The summed E-state index contributed by atoms with van der Waals surface area (Å²) >= 11 is 11.4. The van der Waals surface area contributed by atoms with Crippen LogP contribution in [0.15, 0.2) is 30.7 Å². The van der Waals surface area contributed by atoms with Gasteiger partial charge >= 0.3 is 11.9 Å². The number of carboxylic acids is 2. The average Bonchev–Trinajstić information content (AvgIpc) is 3.03. The van der Waals surface area contributed by atoms with Crippen molar-refractivity contribution in [1.29, 1.82) is 0 Å². The number of nitrogens with zero attached hydrogens (tertiary/aromatic N) is 2. The molecule has 2 rings (SSSR count). The van der Waals surface area contributed by atoms with Crippen LogP contribution in [0.5, 0.6) is 0 Å². The van der Waals surface area contributed by atoms with Crippen LogP contribution in [0.3, 0.4) is 0 Å². The maximum absolute atomic E-state index is 11.3. The Morgan fingerprint density at radius 3 is 2.21 bits per heavy atom. The first-order chi connectivity index (χ1) is 13.5. The van der Waals surface area contributed by atoms with Crippen LogP contribution in [0.1, 0.15) is 31.5 Å². The van der Waals surface area contributed by atoms with Crippen molar-refractivity contribution in [2.75, 3.05) is 0 Å². The first kappa shape index (κ1) is 24.9. The van der Waals surface area contributed by atoms with Crippen LogP contribution in [-0.4, -0.2) is 43.8 Å². The highest BCUT2D eigenvalue weighted by Gasteiger charge is 2.27. The van der Waals surface area contributed by atoms with Crippen LogP contribution in [0.25, 0.3) is 0 Å². The van der Waals surface area contributed by atoms with E-state index in [4.69, 9.17) is 28.3 Å². The largest absolute Gasteiger partial charge is 0.480 e. The van der Waals surface area contributed by atoms with Gasteiger partial charge in [0.15, 0.2) is 0 Å². The van der Waals surface area contributed by atoms with E-state index in [1.165, 1.54) is 0 Å². The number of imidazole rings is 1. The van der Waals surface area contributed by atoms with Gasteiger partial charge in [0.05, 0.1) is 16.4 Å². The van der Waals surface area contributed by atoms with E-state index in [0.29, 0.717) is 16.5 Å². The van der Waals surface area contributed by atoms with Gasteiger partial charge in [-0.25, -0.2) is 4.98 Å². The normalized spacial score (nSPS) is 12.8. The molecule has 29 heavy (non-hydrogen) atoms. The van der Waals surface area contributed by atoms with Gasteiger partial charge in [0.2, 0.25) is 0 Å². The summed E-state index contributed by atoms with van der Waals surface area (Å²) in [6, 6.07) is 3.75. The van der Waals surface area contributed by atoms with E-state index in [1.54, 1.807) is 30.2 Å². The molecule has 0 aliphatic heterocycles. The number of halogens is 2. The summed E-state index contributed by atoms with van der Waals surface area (Å²) in [5.74, 6) is -1.94. The maximum Gasteiger partial charge on any atom is 0.321 e. The lowest BCUT2D eigenvalue weighted by atomic mass is 10.0. The van der Waals surface area contributed by atoms with Crippen LogP contribution in [-0.2, 0) is 23.1 Å². The van der Waals surface area contributed by atoms with E-state index in [0.717, 1.165) is 11.3 Å². The zero-order valence-electron chi connectivity index (χ0n) is 16.9. The Hall–Kier alpha value is -2.09. The molecule has 0 fully saturated rings. The number of aryl methyl sites for hydroxylation is 2. The molecule has 2 aromatic rings. The number of aromatic nitrogens is 2. The van der Waals surface area contributed by atoms with E-state index in [-0.39, 0.29) is 12.3 Å². The van der Waals surface area contributed by atoms with Crippen molar-refractivity contribution in [1.82, 2.24) is 14.9 Å². The predicted octanol–water partition coefficient (Wildman–Crippen LogP) is 3.81. The fraction of sp³-hybridized carbons (Fsp3) is 0.450. The van der Waals surface area contributed by atoms with Gasteiger partial charge in [-0.2, -0.15) is 0 Å². The summed E-state index contributed by atoms with van der Waals surface area (Å²) < 4.78 is 1.72. The summed E-state index contributed by atoms with van der Waals surface area (Å²) in [7, 11) is 1.77. The van der Waals surface area contributed by atoms with Gasteiger partial charge in [-0.1, -0.05) is 49.2 Å². The third-order valence-electron chi connectivity index (χ3n) is 4.18. The number of benzene rings is 1. The Morgan fingerprint density at radius 1 is 1.17 bits per heavy atom. The third-order valence-corrected chi connectivity index (χ3v) is 5.09. The third kappa shape index (κ3) is 8.43. The molecule has 1 aromatic heterocycles. The summed E-state index contributed by atoms with van der Waals surface area (Å²) in [5, 5.41) is 22.4. The molecule has 0 bridgehead atoms. The van der Waals surface area contributed by atoms with Crippen molar-refractivity contribution in [2.45, 2.75) is 45.7 Å². The quantitative estimate of drug-likeness (QED) is 0.572. The predicted molar refractivity (Wildman–Crippen MR) is 114 cm³/mol. The number of carboxylic acid groups (broad SMARTS) is 2. The van der Waals surface area contributed by atoms with Gasteiger partial charge < -0.3 is 14.8 Å². The molecule has 0 amide bonds. The molecule has 7 nitrogen and oxygen atoms in total. The standard InChI is InChI=1S/C13H21N3O4.C7H6Cl2/c1-8(2)4-10(12(17)18)15-11(13(19)20)5-9-6-14-7-16(9)3;1-5-3-2-4-6(8)7(5)9/h6-8,10-11,15H,4-5H2,1-3H3,(H,17,18)(H,19,20);2-4H,1H3/t10?,11-;/m0./s1. The molecule has 1 heterocycles. The minimum atomic E-state index is -1.07. The zero-order valence-corrected chi connectivity index (χ0v) is 18.4. The summed E-state index contributed by atoms with van der Waals surface area (Å²) in [6.45, 7) is 5.72.